The fourth-order valence-corrected chi connectivity index (χ4v) is 5.94. The number of aliphatic hydroxyl groups excluding tert-OH is 1. The third-order valence-electron chi connectivity index (χ3n) is 7.40. The van der Waals surface area contributed by atoms with Crippen LogP contribution in [-0.2, 0) is 19.1 Å². The predicted octanol–water partition coefficient (Wildman–Crippen LogP) is 1.36. The van der Waals surface area contributed by atoms with E-state index < -0.39 is 29.1 Å². The SMILES string of the molecule is CCCCCNC(=O)C1N(CCCO)C(=O)[C@@H]2[C@H](C(=O)NCCC)[C@]3(CC)CCC12O3. The van der Waals surface area contributed by atoms with Crippen LogP contribution in [0.2, 0.25) is 0 Å². The zero-order valence-corrected chi connectivity index (χ0v) is 19.2. The van der Waals surface area contributed by atoms with Crippen LogP contribution < -0.4 is 10.6 Å². The lowest BCUT2D eigenvalue weighted by Crippen LogP contribution is -2.55. The van der Waals surface area contributed by atoms with Gasteiger partial charge in [-0.15, -0.1) is 0 Å². The van der Waals surface area contributed by atoms with Crippen LogP contribution in [-0.4, -0.2) is 71.2 Å². The summed E-state index contributed by atoms with van der Waals surface area (Å²) >= 11 is 0. The van der Waals surface area contributed by atoms with Gasteiger partial charge in [0.2, 0.25) is 17.7 Å². The van der Waals surface area contributed by atoms with Crippen LogP contribution in [0.1, 0.15) is 72.1 Å². The average molecular weight is 438 g/mol. The molecule has 0 radical (unpaired) electrons. The number of nitrogens with zero attached hydrogens (tertiary/aromatic N) is 1. The van der Waals surface area contributed by atoms with Crippen LogP contribution in [0.15, 0.2) is 0 Å². The Kier molecular flexibility index (Phi) is 7.63. The summed E-state index contributed by atoms with van der Waals surface area (Å²) in [6.45, 7) is 7.43. The molecule has 3 amide bonds. The van der Waals surface area contributed by atoms with E-state index in [2.05, 4.69) is 17.6 Å². The molecule has 31 heavy (non-hydrogen) atoms. The van der Waals surface area contributed by atoms with E-state index in [1.165, 1.54) is 0 Å². The molecule has 3 rings (SSSR count). The number of rotatable bonds is 12. The van der Waals surface area contributed by atoms with E-state index in [0.29, 0.717) is 38.8 Å². The second-order valence-electron chi connectivity index (χ2n) is 9.23. The molecule has 8 nitrogen and oxygen atoms in total. The molecule has 5 atom stereocenters. The zero-order valence-electron chi connectivity index (χ0n) is 19.2. The Labute approximate surface area is 185 Å². The standard InChI is InChI=1S/C23H39N3O5/c1-4-7-8-13-25-20(29)18-23-11-10-22(6-3,31-23)16(19(28)24-12-5-2)17(23)21(30)26(18)14-9-15-27/h16-18,27H,4-15H2,1-3H3,(H,24,28)(H,25,29)/t16-,17+,18?,22+,23?/m1/s1. The fourth-order valence-electron chi connectivity index (χ4n) is 5.94. The van der Waals surface area contributed by atoms with Gasteiger partial charge in [0.25, 0.3) is 0 Å². The second kappa shape index (κ2) is 9.86. The Morgan fingerprint density at radius 2 is 1.81 bits per heavy atom. The minimum Gasteiger partial charge on any atom is -0.396 e. The van der Waals surface area contributed by atoms with Crippen LogP contribution in [0.5, 0.6) is 0 Å². The van der Waals surface area contributed by atoms with Crippen molar-refractivity contribution < 1.29 is 24.2 Å². The molecule has 3 heterocycles. The highest BCUT2D eigenvalue weighted by Gasteiger charge is 2.78. The van der Waals surface area contributed by atoms with Gasteiger partial charge < -0.3 is 25.4 Å². The van der Waals surface area contributed by atoms with Crippen LogP contribution in [0.25, 0.3) is 0 Å². The van der Waals surface area contributed by atoms with Crippen molar-refractivity contribution >= 4 is 17.7 Å². The topological polar surface area (TPSA) is 108 Å². The summed E-state index contributed by atoms with van der Waals surface area (Å²) in [5.41, 5.74) is -1.66. The molecular weight excluding hydrogens is 398 g/mol. The van der Waals surface area contributed by atoms with Crippen molar-refractivity contribution in [1.29, 1.82) is 0 Å². The normalized spacial score (nSPS) is 33.6. The van der Waals surface area contributed by atoms with Gasteiger partial charge in [-0.3, -0.25) is 14.4 Å². The van der Waals surface area contributed by atoms with E-state index in [9.17, 15) is 19.5 Å². The molecule has 3 saturated heterocycles. The molecule has 2 bridgehead atoms. The summed E-state index contributed by atoms with van der Waals surface area (Å²) in [5.74, 6) is -1.77. The molecule has 0 aliphatic carbocycles. The Morgan fingerprint density at radius 1 is 1.06 bits per heavy atom. The van der Waals surface area contributed by atoms with E-state index in [1.54, 1.807) is 4.90 Å². The molecule has 0 aromatic carbocycles. The van der Waals surface area contributed by atoms with Crippen molar-refractivity contribution in [3.8, 4) is 0 Å². The van der Waals surface area contributed by atoms with Crippen molar-refractivity contribution in [3.63, 3.8) is 0 Å². The average Bonchev–Trinajstić information content (AvgIpc) is 3.37. The van der Waals surface area contributed by atoms with Crippen LogP contribution >= 0.6 is 0 Å². The Morgan fingerprint density at radius 3 is 2.45 bits per heavy atom. The van der Waals surface area contributed by atoms with Gasteiger partial charge in [0.15, 0.2) is 0 Å². The second-order valence-corrected chi connectivity index (χ2v) is 9.23. The van der Waals surface area contributed by atoms with Crippen molar-refractivity contribution in [2.24, 2.45) is 11.8 Å². The Hall–Kier alpha value is -1.67. The number of hydrogen-bond donors (Lipinski definition) is 3. The first-order chi connectivity index (χ1) is 14.9. The third kappa shape index (κ3) is 3.97. The fraction of sp³-hybridized carbons (Fsp3) is 0.870. The summed E-state index contributed by atoms with van der Waals surface area (Å²) in [4.78, 5) is 41.7. The number of aliphatic hydroxyl groups is 1. The monoisotopic (exact) mass is 437 g/mol. The maximum atomic E-state index is 13.6. The summed E-state index contributed by atoms with van der Waals surface area (Å²) in [6, 6.07) is -0.754. The van der Waals surface area contributed by atoms with Crippen LogP contribution in [0.3, 0.4) is 0 Å². The van der Waals surface area contributed by atoms with Gasteiger partial charge in [-0.1, -0.05) is 33.6 Å². The lowest BCUT2D eigenvalue weighted by Gasteiger charge is -2.34. The molecular formula is C23H39N3O5. The first-order valence-corrected chi connectivity index (χ1v) is 12.1. The minimum atomic E-state index is -0.967. The van der Waals surface area contributed by atoms with E-state index in [-0.39, 0.29) is 30.9 Å². The molecule has 0 aromatic rings. The molecule has 1 spiro atoms. The first-order valence-electron chi connectivity index (χ1n) is 12.1. The maximum Gasteiger partial charge on any atom is 0.245 e. The molecule has 3 N–H and O–H groups in total. The summed E-state index contributed by atoms with van der Waals surface area (Å²) in [6.07, 6.45) is 6.07. The van der Waals surface area contributed by atoms with Gasteiger partial charge in [-0.05, 0) is 38.5 Å². The Bertz CT molecular complexity index is 686. The van der Waals surface area contributed by atoms with Gasteiger partial charge in [0, 0.05) is 26.2 Å². The number of carbonyl (C=O) groups is 3. The van der Waals surface area contributed by atoms with E-state index >= 15 is 0 Å². The van der Waals surface area contributed by atoms with E-state index in [1.807, 2.05) is 13.8 Å². The number of unbranched alkanes of at least 4 members (excludes halogenated alkanes) is 2. The summed E-state index contributed by atoms with van der Waals surface area (Å²) in [7, 11) is 0. The number of carbonyl (C=O) groups excluding carboxylic acids is 3. The lowest BCUT2D eigenvalue weighted by molar-refractivity contribution is -0.147. The number of amides is 3. The number of ether oxygens (including phenoxy) is 1. The first kappa shape index (κ1) is 24.0. The quantitative estimate of drug-likeness (QED) is 0.400. The number of likely N-dealkylation sites (tertiary alicyclic amines) is 1. The van der Waals surface area contributed by atoms with Gasteiger partial charge in [-0.2, -0.15) is 0 Å². The van der Waals surface area contributed by atoms with Crippen molar-refractivity contribution in [2.75, 3.05) is 26.2 Å². The third-order valence-corrected chi connectivity index (χ3v) is 7.40. The molecule has 3 aliphatic heterocycles. The smallest absolute Gasteiger partial charge is 0.245 e. The molecule has 176 valence electrons. The molecule has 3 fully saturated rings. The molecule has 0 saturated carbocycles. The molecule has 8 heteroatoms. The zero-order chi connectivity index (χ0) is 22.6. The van der Waals surface area contributed by atoms with Gasteiger partial charge in [-0.25, -0.2) is 0 Å². The highest BCUT2D eigenvalue weighted by atomic mass is 16.5. The van der Waals surface area contributed by atoms with Gasteiger partial charge >= 0.3 is 0 Å². The number of nitrogens with one attached hydrogen (secondary N) is 2. The predicted molar refractivity (Wildman–Crippen MR) is 116 cm³/mol. The summed E-state index contributed by atoms with van der Waals surface area (Å²) in [5, 5.41) is 15.3. The highest BCUT2D eigenvalue weighted by Crippen LogP contribution is 2.64. The summed E-state index contributed by atoms with van der Waals surface area (Å²) < 4.78 is 6.63. The minimum absolute atomic E-state index is 0.0630. The molecule has 3 aliphatic rings. The van der Waals surface area contributed by atoms with Crippen LogP contribution in [0.4, 0.5) is 0 Å². The molecule has 0 aromatic heterocycles. The van der Waals surface area contributed by atoms with Gasteiger partial charge in [0.1, 0.15) is 11.6 Å². The highest BCUT2D eigenvalue weighted by molar-refractivity contribution is 5.99. The van der Waals surface area contributed by atoms with E-state index in [4.69, 9.17) is 4.74 Å². The van der Waals surface area contributed by atoms with Crippen molar-refractivity contribution in [1.82, 2.24) is 15.5 Å². The largest absolute Gasteiger partial charge is 0.396 e. The molecule has 2 unspecified atom stereocenters. The number of fused-ring (bicyclic) bond motifs is 1. The van der Waals surface area contributed by atoms with Crippen molar-refractivity contribution in [3.05, 3.63) is 0 Å². The van der Waals surface area contributed by atoms with Gasteiger partial charge in [0.05, 0.1) is 17.4 Å². The van der Waals surface area contributed by atoms with Crippen LogP contribution in [0, 0.1) is 11.8 Å². The van der Waals surface area contributed by atoms with E-state index in [0.717, 1.165) is 25.7 Å². The number of hydrogen-bond acceptors (Lipinski definition) is 5. The maximum absolute atomic E-state index is 13.6. The Balaban J connectivity index is 1.93. The lowest BCUT2D eigenvalue weighted by atomic mass is 9.65. The van der Waals surface area contributed by atoms with Crippen molar-refractivity contribution in [2.45, 2.75) is 89.4 Å².